The first-order valence-corrected chi connectivity index (χ1v) is 7.87. The zero-order valence-electron chi connectivity index (χ0n) is 12.6. The first-order valence-electron chi connectivity index (χ1n) is 7.49. The summed E-state index contributed by atoms with van der Waals surface area (Å²) < 4.78 is 13.8. The number of hydrogen-bond donors (Lipinski definition) is 0. The average Bonchev–Trinajstić information content (AvgIpc) is 2.59. The van der Waals surface area contributed by atoms with Crippen molar-refractivity contribution in [3.8, 4) is 0 Å². The van der Waals surface area contributed by atoms with E-state index in [1.54, 1.807) is 41.6 Å². The van der Waals surface area contributed by atoms with E-state index >= 15 is 0 Å². The van der Waals surface area contributed by atoms with E-state index in [1.807, 2.05) is 0 Å². The second kappa shape index (κ2) is 7.06. The van der Waals surface area contributed by atoms with E-state index in [0.717, 1.165) is 0 Å². The van der Waals surface area contributed by atoms with Gasteiger partial charge >= 0.3 is 0 Å². The summed E-state index contributed by atoms with van der Waals surface area (Å²) in [6.07, 6.45) is 3.22. The largest absolute Gasteiger partial charge is 0.336 e. The summed E-state index contributed by atoms with van der Waals surface area (Å²) in [5.74, 6) is -0.298. The number of nitrogens with zero attached hydrogens (tertiary/aromatic N) is 3. The lowest BCUT2D eigenvalue weighted by atomic mass is 10.1. The molecule has 0 radical (unpaired) electrons. The Hall–Kier alpha value is -1.98. The van der Waals surface area contributed by atoms with Crippen LogP contribution in [-0.4, -0.2) is 46.9 Å². The van der Waals surface area contributed by atoms with Gasteiger partial charge in [0, 0.05) is 55.7 Å². The molecule has 120 valence electrons. The first-order chi connectivity index (χ1) is 11.1. The molecule has 1 fully saturated rings. The van der Waals surface area contributed by atoms with Crippen LogP contribution in [0.25, 0.3) is 0 Å². The van der Waals surface area contributed by atoms with Gasteiger partial charge in [0.2, 0.25) is 0 Å². The summed E-state index contributed by atoms with van der Waals surface area (Å²) in [6, 6.07) is 8.24. The van der Waals surface area contributed by atoms with E-state index in [1.165, 1.54) is 6.07 Å². The molecule has 2 aromatic rings. The molecular weight excluding hydrogens is 317 g/mol. The molecule has 0 bridgehead atoms. The van der Waals surface area contributed by atoms with Crippen molar-refractivity contribution in [2.24, 2.45) is 0 Å². The fourth-order valence-electron chi connectivity index (χ4n) is 2.69. The van der Waals surface area contributed by atoms with Gasteiger partial charge in [0.15, 0.2) is 0 Å². The molecule has 6 heteroatoms. The van der Waals surface area contributed by atoms with Crippen LogP contribution in [-0.2, 0) is 6.54 Å². The van der Waals surface area contributed by atoms with Gasteiger partial charge in [-0.1, -0.05) is 17.7 Å². The highest BCUT2D eigenvalue weighted by molar-refractivity contribution is 6.31. The van der Waals surface area contributed by atoms with Crippen LogP contribution in [0, 0.1) is 5.82 Å². The highest BCUT2D eigenvalue weighted by Crippen LogP contribution is 2.21. The summed E-state index contributed by atoms with van der Waals surface area (Å²) in [4.78, 5) is 20.2. The Morgan fingerprint density at radius 3 is 2.61 bits per heavy atom. The lowest BCUT2D eigenvalue weighted by Crippen LogP contribution is -2.48. The molecule has 1 aliphatic heterocycles. The minimum absolute atomic E-state index is 0.0123. The number of benzene rings is 1. The summed E-state index contributed by atoms with van der Waals surface area (Å²) >= 11 is 6.07. The normalized spacial score (nSPS) is 15.7. The predicted octanol–water partition coefficient (Wildman–Crippen LogP) is 2.83. The van der Waals surface area contributed by atoms with Gasteiger partial charge in [-0.15, -0.1) is 0 Å². The zero-order valence-corrected chi connectivity index (χ0v) is 13.3. The minimum Gasteiger partial charge on any atom is -0.336 e. The molecule has 0 aliphatic carbocycles. The van der Waals surface area contributed by atoms with E-state index < -0.39 is 0 Å². The van der Waals surface area contributed by atoms with E-state index in [9.17, 15) is 9.18 Å². The SMILES string of the molecule is O=C(c1cccnc1)N1CCN(Cc2c(F)cccc2Cl)CC1. The fraction of sp³-hybridized carbons (Fsp3) is 0.294. The van der Waals surface area contributed by atoms with E-state index in [-0.39, 0.29) is 11.7 Å². The standard InChI is InChI=1S/C17H17ClFN3O/c18-15-4-1-5-16(19)14(15)12-21-7-9-22(10-8-21)17(23)13-3-2-6-20-11-13/h1-6,11H,7-10,12H2. The minimum atomic E-state index is -0.286. The molecule has 23 heavy (non-hydrogen) atoms. The summed E-state index contributed by atoms with van der Waals surface area (Å²) in [5, 5.41) is 0.443. The van der Waals surface area contributed by atoms with E-state index in [2.05, 4.69) is 9.88 Å². The summed E-state index contributed by atoms with van der Waals surface area (Å²) in [7, 11) is 0. The number of carbonyl (C=O) groups is 1. The Morgan fingerprint density at radius 1 is 1.17 bits per heavy atom. The molecule has 0 atom stereocenters. The molecule has 1 aromatic carbocycles. The highest BCUT2D eigenvalue weighted by Gasteiger charge is 2.23. The smallest absolute Gasteiger partial charge is 0.255 e. The van der Waals surface area contributed by atoms with Gasteiger partial charge in [-0.2, -0.15) is 0 Å². The Labute approximate surface area is 139 Å². The van der Waals surface area contributed by atoms with Gasteiger partial charge in [-0.05, 0) is 24.3 Å². The maximum Gasteiger partial charge on any atom is 0.255 e. The number of piperazine rings is 1. The van der Waals surface area contributed by atoms with Crippen molar-refractivity contribution in [1.82, 2.24) is 14.8 Å². The Bertz CT molecular complexity index is 667. The van der Waals surface area contributed by atoms with Crippen LogP contribution in [0.2, 0.25) is 5.02 Å². The van der Waals surface area contributed by atoms with Gasteiger partial charge in [0.1, 0.15) is 5.82 Å². The van der Waals surface area contributed by atoms with Crippen molar-refractivity contribution in [3.05, 3.63) is 64.7 Å². The molecule has 0 spiro atoms. The quantitative estimate of drug-likeness (QED) is 0.866. The van der Waals surface area contributed by atoms with Gasteiger partial charge in [-0.25, -0.2) is 4.39 Å². The molecule has 2 heterocycles. The Morgan fingerprint density at radius 2 is 1.96 bits per heavy atom. The maximum atomic E-state index is 13.8. The molecule has 1 aromatic heterocycles. The monoisotopic (exact) mass is 333 g/mol. The number of hydrogen-bond acceptors (Lipinski definition) is 3. The topological polar surface area (TPSA) is 36.4 Å². The molecule has 4 nitrogen and oxygen atoms in total. The van der Waals surface area contributed by atoms with E-state index in [4.69, 9.17) is 11.6 Å². The van der Waals surface area contributed by atoms with Crippen LogP contribution < -0.4 is 0 Å². The maximum absolute atomic E-state index is 13.8. The van der Waals surface area contributed by atoms with Crippen LogP contribution in [0.5, 0.6) is 0 Å². The van der Waals surface area contributed by atoms with Crippen LogP contribution in [0.1, 0.15) is 15.9 Å². The number of pyridine rings is 1. The van der Waals surface area contributed by atoms with Crippen LogP contribution in [0.4, 0.5) is 4.39 Å². The second-order valence-corrected chi connectivity index (χ2v) is 5.92. The molecule has 3 rings (SSSR count). The van der Waals surface area contributed by atoms with Crippen molar-refractivity contribution in [2.75, 3.05) is 26.2 Å². The molecule has 1 aliphatic rings. The van der Waals surface area contributed by atoms with Crippen LogP contribution in [0.15, 0.2) is 42.7 Å². The van der Waals surface area contributed by atoms with Gasteiger partial charge in [0.25, 0.3) is 5.91 Å². The van der Waals surface area contributed by atoms with Crippen LogP contribution >= 0.6 is 11.6 Å². The predicted molar refractivity (Wildman–Crippen MR) is 86.8 cm³/mol. The van der Waals surface area contributed by atoms with Crippen molar-refractivity contribution < 1.29 is 9.18 Å². The number of aromatic nitrogens is 1. The van der Waals surface area contributed by atoms with Gasteiger partial charge in [0.05, 0.1) is 5.56 Å². The molecular formula is C17H17ClFN3O. The van der Waals surface area contributed by atoms with E-state index in [0.29, 0.717) is 48.9 Å². The average molecular weight is 334 g/mol. The Balaban J connectivity index is 1.60. The zero-order chi connectivity index (χ0) is 16.2. The number of rotatable bonds is 3. The molecule has 1 saturated heterocycles. The fourth-order valence-corrected chi connectivity index (χ4v) is 2.91. The lowest BCUT2D eigenvalue weighted by molar-refractivity contribution is 0.0626. The molecule has 0 N–H and O–H groups in total. The molecule has 0 saturated carbocycles. The van der Waals surface area contributed by atoms with Crippen LogP contribution in [0.3, 0.4) is 0 Å². The van der Waals surface area contributed by atoms with Crippen molar-refractivity contribution in [1.29, 1.82) is 0 Å². The van der Waals surface area contributed by atoms with Crippen molar-refractivity contribution >= 4 is 17.5 Å². The summed E-state index contributed by atoms with van der Waals surface area (Å²) in [6.45, 7) is 3.06. The number of amides is 1. The first kappa shape index (κ1) is 15.9. The second-order valence-electron chi connectivity index (χ2n) is 5.51. The third-order valence-electron chi connectivity index (χ3n) is 4.01. The van der Waals surface area contributed by atoms with Gasteiger partial charge in [-0.3, -0.25) is 14.7 Å². The molecule has 0 unspecified atom stereocenters. The van der Waals surface area contributed by atoms with Crippen molar-refractivity contribution in [2.45, 2.75) is 6.54 Å². The van der Waals surface area contributed by atoms with Gasteiger partial charge < -0.3 is 4.90 Å². The Kier molecular flexibility index (Phi) is 4.88. The van der Waals surface area contributed by atoms with Crippen molar-refractivity contribution in [3.63, 3.8) is 0 Å². The molecule has 1 amide bonds. The highest BCUT2D eigenvalue weighted by atomic mass is 35.5. The third kappa shape index (κ3) is 3.68. The lowest BCUT2D eigenvalue weighted by Gasteiger charge is -2.34. The third-order valence-corrected chi connectivity index (χ3v) is 4.37. The number of halogens is 2. The summed E-state index contributed by atoms with van der Waals surface area (Å²) in [5.41, 5.74) is 1.11. The number of carbonyl (C=O) groups excluding carboxylic acids is 1.